The molecule has 0 atom stereocenters. The summed E-state index contributed by atoms with van der Waals surface area (Å²) in [6, 6.07) is 7.55. The number of aromatic nitrogens is 2. The summed E-state index contributed by atoms with van der Waals surface area (Å²) < 4.78 is 0. The Morgan fingerprint density at radius 1 is 1.45 bits per heavy atom. The first-order valence-electron chi connectivity index (χ1n) is 6.52. The second kappa shape index (κ2) is 4.80. The standard InChI is InChI=1S/C14H13ClN4O/c15-10-5-3-4-9-11(10)18-19-12(9)17-13(20)14(8-16)6-1-2-7-14/h3-5H,1-2,6-7H2,(H2,17,18,19,20). The summed E-state index contributed by atoms with van der Waals surface area (Å²) in [6.07, 6.45) is 3.04. The lowest BCUT2D eigenvalue weighted by Gasteiger charge is -2.18. The maximum Gasteiger partial charge on any atom is 0.246 e. The minimum atomic E-state index is -0.913. The molecule has 0 radical (unpaired) electrons. The van der Waals surface area contributed by atoms with E-state index in [0.717, 1.165) is 18.2 Å². The Bertz CT molecular complexity index is 710. The highest BCUT2D eigenvalue weighted by Gasteiger charge is 2.41. The van der Waals surface area contributed by atoms with E-state index in [1.165, 1.54) is 0 Å². The van der Waals surface area contributed by atoms with Crippen molar-refractivity contribution in [2.24, 2.45) is 5.41 Å². The number of benzene rings is 1. The lowest BCUT2D eigenvalue weighted by Crippen LogP contribution is -2.32. The van der Waals surface area contributed by atoms with Crippen LogP contribution >= 0.6 is 11.6 Å². The summed E-state index contributed by atoms with van der Waals surface area (Å²) in [5, 5.41) is 20.3. The zero-order chi connectivity index (χ0) is 14.2. The van der Waals surface area contributed by atoms with Crippen LogP contribution in [0.5, 0.6) is 0 Å². The molecule has 1 fully saturated rings. The first-order chi connectivity index (χ1) is 9.66. The molecule has 1 aromatic heterocycles. The summed E-state index contributed by atoms with van der Waals surface area (Å²) in [7, 11) is 0. The number of nitrogens with zero attached hydrogens (tertiary/aromatic N) is 2. The number of nitrogens with one attached hydrogen (secondary N) is 2. The van der Waals surface area contributed by atoms with Gasteiger partial charge in [-0.25, -0.2) is 0 Å². The number of hydrogen-bond donors (Lipinski definition) is 2. The van der Waals surface area contributed by atoms with Crippen LogP contribution in [0.15, 0.2) is 18.2 Å². The summed E-state index contributed by atoms with van der Waals surface area (Å²) in [6.45, 7) is 0. The van der Waals surface area contributed by atoms with Gasteiger partial charge in [-0.2, -0.15) is 10.4 Å². The van der Waals surface area contributed by atoms with Crippen molar-refractivity contribution >= 4 is 34.2 Å². The van der Waals surface area contributed by atoms with E-state index < -0.39 is 5.41 Å². The molecule has 0 aliphatic heterocycles. The van der Waals surface area contributed by atoms with E-state index in [-0.39, 0.29) is 5.91 Å². The fourth-order valence-electron chi connectivity index (χ4n) is 2.70. The Hall–Kier alpha value is -2.06. The van der Waals surface area contributed by atoms with E-state index >= 15 is 0 Å². The molecule has 5 nitrogen and oxygen atoms in total. The molecule has 0 unspecified atom stereocenters. The number of carbonyl (C=O) groups is 1. The molecule has 1 aliphatic carbocycles. The third kappa shape index (κ3) is 1.93. The molecule has 1 heterocycles. The number of para-hydroxylation sites is 1. The molecule has 0 spiro atoms. The normalized spacial score (nSPS) is 17.0. The molecule has 1 saturated carbocycles. The quantitative estimate of drug-likeness (QED) is 0.890. The van der Waals surface area contributed by atoms with E-state index in [1.54, 1.807) is 12.1 Å². The van der Waals surface area contributed by atoms with Crippen molar-refractivity contribution in [3.63, 3.8) is 0 Å². The summed E-state index contributed by atoms with van der Waals surface area (Å²) in [4.78, 5) is 12.4. The van der Waals surface area contributed by atoms with Gasteiger partial charge in [0.15, 0.2) is 5.82 Å². The lowest BCUT2D eigenvalue weighted by atomic mass is 9.87. The molecular weight excluding hydrogens is 276 g/mol. The summed E-state index contributed by atoms with van der Waals surface area (Å²) in [5.74, 6) is 0.153. The first-order valence-corrected chi connectivity index (χ1v) is 6.89. The van der Waals surface area contributed by atoms with Crippen LogP contribution in [0.2, 0.25) is 5.02 Å². The largest absolute Gasteiger partial charge is 0.307 e. The van der Waals surface area contributed by atoms with E-state index in [9.17, 15) is 10.1 Å². The number of H-pyrrole nitrogens is 1. The monoisotopic (exact) mass is 288 g/mol. The minimum absolute atomic E-state index is 0.272. The van der Waals surface area contributed by atoms with Gasteiger partial charge in [0.05, 0.1) is 16.6 Å². The number of nitriles is 1. The average Bonchev–Trinajstić information content (AvgIpc) is 3.07. The number of anilines is 1. The maximum absolute atomic E-state index is 12.4. The van der Waals surface area contributed by atoms with Crippen LogP contribution in [0.4, 0.5) is 5.82 Å². The molecule has 102 valence electrons. The lowest BCUT2D eigenvalue weighted by molar-refractivity contribution is -0.122. The van der Waals surface area contributed by atoms with Crippen molar-refractivity contribution in [2.75, 3.05) is 5.32 Å². The number of hydrogen-bond acceptors (Lipinski definition) is 3. The second-order valence-corrected chi connectivity index (χ2v) is 5.50. The number of fused-ring (bicyclic) bond motifs is 1. The number of aromatic amines is 1. The molecule has 2 N–H and O–H groups in total. The highest BCUT2D eigenvalue weighted by molar-refractivity contribution is 6.35. The molecule has 1 amide bonds. The topological polar surface area (TPSA) is 81.6 Å². The van der Waals surface area contributed by atoms with Crippen LogP contribution < -0.4 is 5.32 Å². The van der Waals surface area contributed by atoms with Crippen molar-refractivity contribution in [3.8, 4) is 6.07 Å². The van der Waals surface area contributed by atoms with Gasteiger partial charge in [0.1, 0.15) is 5.41 Å². The molecule has 1 aliphatic rings. The van der Waals surface area contributed by atoms with Crippen LogP contribution in [-0.2, 0) is 4.79 Å². The summed E-state index contributed by atoms with van der Waals surface area (Å²) >= 11 is 6.05. The Morgan fingerprint density at radius 3 is 2.90 bits per heavy atom. The predicted octanol–water partition coefficient (Wildman–Crippen LogP) is 3.24. The van der Waals surface area contributed by atoms with Crippen molar-refractivity contribution < 1.29 is 4.79 Å². The number of rotatable bonds is 2. The molecule has 6 heteroatoms. The third-order valence-electron chi connectivity index (χ3n) is 3.89. The van der Waals surface area contributed by atoms with Gasteiger partial charge >= 0.3 is 0 Å². The summed E-state index contributed by atoms with van der Waals surface area (Å²) in [5.41, 5.74) is -0.231. The van der Waals surface area contributed by atoms with Gasteiger partial charge in [0, 0.05) is 5.39 Å². The highest BCUT2D eigenvalue weighted by Crippen LogP contribution is 2.39. The van der Waals surface area contributed by atoms with Crippen LogP contribution in [0.25, 0.3) is 10.9 Å². The Balaban J connectivity index is 1.92. The number of halogens is 1. The Kier molecular flexibility index (Phi) is 3.11. The maximum atomic E-state index is 12.4. The number of amides is 1. The molecule has 1 aromatic carbocycles. The molecular formula is C14H13ClN4O. The third-order valence-corrected chi connectivity index (χ3v) is 4.20. The fourth-order valence-corrected chi connectivity index (χ4v) is 2.91. The van der Waals surface area contributed by atoms with Gasteiger partial charge in [-0.3, -0.25) is 9.89 Å². The van der Waals surface area contributed by atoms with Gasteiger partial charge in [-0.1, -0.05) is 30.5 Å². The van der Waals surface area contributed by atoms with Crippen LogP contribution in [0, 0.1) is 16.7 Å². The Labute approximate surface area is 120 Å². The van der Waals surface area contributed by atoms with Crippen molar-refractivity contribution in [1.29, 1.82) is 5.26 Å². The Morgan fingerprint density at radius 2 is 2.20 bits per heavy atom. The van der Waals surface area contributed by atoms with Gasteiger partial charge in [0.25, 0.3) is 0 Å². The molecule has 0 bridgehead atoms. The van der Waals surface area contributed by atoms with Gasteiger partial charge in [-0.05, 0) is 25.0 Å². The van der Waals surface area contributed by atoms with E-state index in [2.05, 4.69) is 21.6 Å². The van der Waals surface area contributed by atoms with Gasteiger partial charge < -0.3 is 5.32 Å². The van der Waals surface area contributed by atoms with Crippen LogP contribution in [0.3, 0.4) is 0 Å². The highest BCUT2D eigenvalue weighted by atomic mass is 35.5. The molecule has 0 saturated heterocycles. The molecule has 20 heavy (non-hydrogen) atoms. The van der Waals surface area contributed by atoms with Crippen molar-refractivity contribution in [1.82, 2.24) is 10.2 Å². The zero-order valence-corrected chi connectivity index (χ0v) is 11.5. The fraction of sp³-hybridized carbons (Fsp3) is 0.357. The van der Waals surface area contributed by atoms with Crippen molar-refractivity contribution in [2.45, 2.75) is 25.7 Å². The van der Waals surface area contributed by atoms with Gasteiger partial charge in [-0.15, -0.1) is 0 Å². The van der Waals surface area contributed by atoms with E-state index in [0.29, 0.717) is 29.2 Å². The van der Waals surface area contributed by atoms with E-state index in [4.69, 9.17) is 11.6 Å². The molecule has 3 rings (SSSR count). The minimum Gasteiger partial charge on any atom is -0.307 e. The van der Waals surface area contributed by atoms with Crippen LogP contribution in [-0.4, -0.2) is 16.1 Å². The van der Waals surface area contributed by atoms with Crippen LogP contribution in [0.1, 0.15) is 25.7 Å². The van der Waals surface area contributed by atoms with Gasteiger partial charge in [0.2, 0.25) is 5.91 Å². The average molecular weight is 289 g/mol. The van der Waals surface area contributed by atoms with E-state index in [1.807, 2.05) is 6.07 Å². The SMILES string of the molecule is N#CC1(C(=O)Nc2n[nH]c3c(Cl)cccc23)CCCC1. The predicted molar refractivity (Wildman–Crippen MR) is 76.2 cm³/mol. The van der Waals surface area contributed by atoms with Crippen molar-refractivity contribution in [3.05, 3.63) is 23.2 Å². The zero-order valence-electron chi connectivity index (χ0n) is 10.7. The molecule has 2 aromatic rings. The number of carbonyl (C=O) groups excluding carboxylic acids is 1. The first kappa shape index (κ1) is 12.9. The second-order valence-electron chi connectivity index (χ2n) is 5.09. The smallest absolute Gasteiger partial charge is 0.246 e.